The molecular weight excluding hydrogens is 449 g/mol. The normalized spacial score (nSPS) is 12.7. The molecule has 0 aliphatic carbocycles. The average molecular weight is 472 g/mol. The van der Waals surface area contributed by atoms with E-state index >= 15 is 0 Å². The Morgan fingerprint density at radius 2 is 1.69 bits per heavy atom. The van der Waals surface area contributed by atoms with E-state index in [1.165, 1.54) is 0 Å². The van der Waals surface area contributed by atoms with Crippen LogP contribution in [-0.4, -0.2) is 32.8 Å². The molecular formula is C20H23F3N4O4S. The molecule has 174 valence electrons. The summed E-state index contributed by atoms with van der Waals surface area (Å²) >= 11 is 0. The molecule has 0 spiro atoms. The van der Waals surface area contributed by atoms with E-state index in [-0.39, 0.29) is 6.54 Å². The van der Waals surface area contributed by atoms with Gasteiger partial charge in [0.05, 0.1) is 23.0 Å². The molecule has 8 nitrogen and oxygen atoms in total. The van der Waals surface area contributed by atoms with Crippen LogP contribution in [0.4, 0.5) is 18.9 Å². The fourth-order valence-electron chi connectivity index (χ4n) is 2.76. The van der Waals surface area contributed by atoms with Crippen molar-refractivity contribution in [2.75, 3.05) is 11.9 Å². The van der Waals surface area contributed by atoms with Gasteiger partial charge < -0.3 is 5.32 Å². The Labute approximate surface area is 183 Å². The Kier molecular flexibility index (Phi) is 7.86. The molecule has 0 heterocycles. The summed E-state index contributed by atoms with van der Waals surface area (Å²) in [4.78, 5) is 23.0. The molecule has 12 heteroatoms. The predicted octanol–water partition coefficient (Wildman–Crippen LogP) is 2.25. The maximum Gasteiger partial charge on any atom is 0.417 e. The minimum Gasteiger partial charge on any atom is -0.376 e. The fraction of sp³-hybridized carbons (Fsp3) is 0.300. The number of alkyl halides is 3. The molecule has 2 aromatic rings. The van der Waals surface area contributed by atoms with E-state index in [2.05, 4.69) is 10.7 Å². The van der Waals surface area contributed by atoms with Crippen molar-refractivity contribution in [2.45, 2.75) is 37.9 Å². The van der Waals surface area contributed by atoms with Gasteiger partial charge in [-0.05, 0) is 44.5 Å². The molecule has 0 aliphatic heterocycles. The summed E-state index contributed by atoms with van der Waals surface area (Å²) in [6.45, 7) is 4.74. The lowest BCUT2D eigenvalue weighted by Crippen LogP contribution is -2.52. The van der Waals surface area contributed by atoms with E-state index in [1.807, 2.05) is 36.1 Å². The highest BCUT2D eigenvalue weighted by molar-refractivity contribution is 7.89. The second-order valence-corrected chi connectivity index (χ2v) is 8.73. The zero-order valence-electron chi connectivity index (χ0n) is 17.5. The van der Waals surface area contributed by atoms with E-state index in [0.29, 0.717) is 6.07 Å². The zero-order chi connectivity index (χ0) is 24.1. The number of carbonyl (C=O) groups excluding carboxylic acids is 2. The molecule has 0 saturated carbocycles. The average Bonchev–Trinajstić information content (AvgIpc) is 2.70. The SMILES string of the molecule is Cc1ccc(NCC(=O)NNC(=O)[C@H](C)NS(=O)(=O)c2ccccc2C(F)(F)F)c(C)c1. The molecule has 0 unspecified atom stereocenters. The van der Waals surface area contributed by atoms with Crippen molar-refractivity contribution in [1.29, 1.82) is 0 Å². The van der Waals surface area contributed by atoms with Crippen LogP contribution < -0.4 is 20.9 Å². The standard InChI is InChI=1S/C20H23F3N4O4S/c1-12-8-9-16(13(2)10-12)24-11-18(28)25-26-19(29)14(3)27-32(30,31)17-7-5-4-6-15(17)20(21,22)23/h4-10,14,24,27H,11H2,1-3H3,(H,25,28)(H,26,29)/t14-/m0/s1. The second kappa shape index (κ2) is 10.0. The minimum atomic E-state index is -4.90. The van der Waals surface area contributed by atoms with E-state index in [1.54, 1.807) is 6.07 Å². The number of rotatable bonds is 7. The summed E-state index contributed by atoms with van der Waals surface area (Å²) in [7, 11) is -4.67. The van der Waals surface area contributed by atoms with E-state index in [4.69, 9.17) is 0 Å². The van der Waals surface area contributed by atoms with Gasteiger partial charge >= 0.3 is 6.18 Å². The van der Waals surface area contributed by atoms with Crippen LogP contribution in [0.1, 0.15) is 23.6 Å². The summed E-state index contributed by atoms with van der Waals surface area (Å²) in [5.74, 6) is -1.58. The molecule has 0 fully saturated rings. The summed E-state index contributed by atoms with van der Waals surface area (Å²) in [6.07, 6.45) is -4.90. The molecule has 0 saturated heterocycles. The molecule has 0 aromatic heterocycles. The third kappa shape index (κ3) is 6.69. The molecule has 32 heavy (non-hydrogen) atoms. The smallest absolute Gasteiger partial charge is 0.376 e. The maximum absolute atomic E-state index is 13.1. The number of nitrogens with one attached hydrogen (secondary N) is 4. The fourth-order valence-corrected chi connectivity index (χ4v) is 4.19. The highest BCUT2D eigenvalue weighted by Crippen LogP contribution is 2.33. The molecule has 4 N–H and O–H groups in total. The number of halogens is 3. The van der Waals surface area contributed by atoms with Gasteiger partial charge in [0, 0.05) is 5.69 Å². The van der Waals surface area contributed by atoms with Gasteiger partial charge in [0.15, 0.2) is 0 Å². The van der Waals surface area contributed by atoms with Gasteiger partial charge in [0.1, 0.15) is 0 Å². The Morgan fingerprint density at radius 3 is 2.31 bits per heavy atom. The number of aryl methyl sites for hydroxylation is 2. The van der Waals surface area contributed by atoms with Gasteiger partial charge in [-0.15, -0.1) is 0 Å². The minimum absolute atomic E-state index is 0.177. The van der Waals surface area contributed by atoms with Crippen LogP contribution in [-0.2, 0) is 25.8 Å². The first-order valence-corrected chi connectivity index (χ1v) is 10.9. The Balaban J connectivity index is 1.93. The summed E-state index contributed by atoms with van der Waals surface area (Å²) < 4.78 is 65.9. The lowest BCUT2D eigenvalue weighted by Gasteiger charge is -2.17. The third-order valence-electron chi connectivity index (χ3n) is 4.35. The van der Waals surface area contributed by atoms with Gasteiger partial charge in [-0.1, -0.05) is 29.8 Å². The van der Waals surface area contributed by atoms with Gasteiger partial charge in [-0.25, -0.2) is 8.42 Å². The first-order chi connectivity index (χ1) is 14.8. The van der Waals surface area contributed by atoms with Crippen LogP contribution in [0.25, 0.3) is 0 Å². The molecule has 2 amide bonds. The van der Waals surface area contributed by atoms with Crippen molar-refractivity contribution >= 4 is 27.5 Å². The highest BCUT2D eigenvalue weighted by Gasteiger charge is 2.37. The monoisotopic (exact) mass is 472 g/mol. The van der Waals surface area contributed by atoms with Crippen LogP contribution >= 0.6 is 0 Å². The van der Waals surface area contributed by atoms with E-state index in [0.717, 1.165) is 41.9 Å². The van der Waals surface area contributed by atoms with Crippen molar-refractivity contribution in [2.24, 2.45) is 0 Å². The van der Waals surface area contributed by atoms with Crippen molar-refractivity contribution in [3.63, 3.8) is 0 Å². The van der Waals surface area contributed by atoms with Crippen molar-refractivity contribution in [3.8, 4) is 0 Å². The molecule has 2 rings (SSSR count). The lowest BCUT2D eigenvalue weighted by atomic mass is 10.1. The topological polar surface area (TPSA) is 116 Å². The number of sulfonamides is 1. The molecule has 1 atom stereocenters. The van der Waals surface area contributed by atoms with Crippen LogP contribution in [0.15, 0.2) is 47.4 Å². The largest absolute Gasteiger partial charge is 0.417 e. The Hall–Kier alpha value is -3.12. The number of amides is 2. The maximum atomic E-state index is 13.1. The van der Waals surface area contributed by atoms with Gasteiger partial charge in [0.2, 0.25) is 10.0 Å². The number of benzene rings is 2. The first-order valence-electron chi connectivity index (χ1n) is 9.39. The zero-order valence-corrected chi connectivity index (χ0v) is 18.3. The number of hydrogen-bond acceptors (Lipinski definition) is 5. The third-order valence-corrected chi connectivity index (χ3v) is 5.95. The molecule has 2 aromatic carbocycles. The quantitative estimate of drug-likeness (QED) is 0.462. The molecule has 0 bridgehead atoms. The molecule has 0 radical (unpaired) electrons. The van der Waals surface area contributed by atoms with Crippen LogP contribution in [0.5, 0.6) is 0 Å². The summed E-state index contributed by atoms with van der Waals surface area (Å²) in [6, 6.07) is 7.72. The Morgan fingerprint density at radius 1 is 1.03 bits per heavy atom. The number of carbonyl (C=O) groups is 2. The highest BCUT2D eigenvalue weighted by atomic mass is 32.2. The first kappa shape index (κ1) is 25.1. The molecule has 0 aliphatic rings. The van der Waals surface area contributed by atoms with Crippen molar-refractivity contribution in [1.82, 2.24) is 15.6 Å². The summed E-state index contributed by atoms with van der Waals surface area (Å²) in [5.41, 5.74) is 5.49. The number of anilines is 1. The van der Waals surface area contributed by atoms with Gasteiger partial charge in [-0.3, -0.25) is 20.4 Å². The number of hydrogen-bond donors (Lipinski definition) is 4. The van der Waals surface area contributed by atoms with E-state index < -0.39 is 44.5 Å². The van der Waals surface area contributed by atoms with Crippen LogP contribution in [0, 0.1) is 13.8 Å². The number of hydrazine groups is 1. The predicted molar refractivity (Wildman–Crippen MR) is 112 cm³/mol. The lowest BCUT2D eigenvalue weighted by molar-refractivity contribution is -0.139. The Bertz CT molecular complexity index is 1100. The van der Waals surface area contributed by atoms with Crippen LogP contribution in [0.3, 0.4) is 0 Å². The van der Waals surface area contributed by atoms with Gasteiger partial charge in [-0.2, -0.15) is 17.9 Å². The van der Waals surface area contributed by atoms with Crippen molar-refractivity contribution < 1.29 is 31.2 Å². The second-order valence-electron chi connectivity index (χ2n) is 7.05. The van der Waals surface area contributed by atoms with Gasteiger partial charge in [0.25, 0.3) is 11.8 Å². The van der Waals surface area contributed by atoms with Crippen LogP contribution in [0.2, 0.25) is 0 Å². The van der Waals surface area contributed by atoms with Crippen molar-refractivity contribution in [3.05, 3.63) is 59.2 Å². The van der Waals surface area contributed by atoms with E-state index in [9.17, 15) is 31.2 Å². The summed E-state index contributed by atoms with van der Waals surface area (Å²) in [5, 5.41) is 2.89.